The van der Waals surface area contributed by atoms with Crippen molar-refractivity contribution in [2.75, 3.05) is 36.5 Å². The molecule has 0 unspecified atom stereocenters. The number of alkyl halides is 3. The van der Waals surface area contributed by atoms with E-state index in [1.165, 1.54) is 17.4 Å². The number of nitrogens with one attached hydrogen (secondary N) is 2. The molecule has 1 saturated heterocycles. The van der Waals surface area contributed by atoms with Gasteiger partial charge in [-0.25, -0.2) is 4.98 Å². The molecule has 2 aromatic heterocycles. The van der Waals surface area contributed by atoms with Crippen molar-refractivity contribution >= 4 is 17.5 Å². The van der Waals surface area contributed by atoms with Crippen LogP contribution >= 0.6 is 0 Å². The van der Waals surface area contributed by atoms with E-state index in [1.807, 2.05) is 31.5 Å². The molecule has 0 bridgehead atoms. The van der Waals surface area contributed by atoms with Gasteiger partial charge in [0, 0.05) is 31.1 Å². The maximum atomic E-state index is 14.4. The lowest BCUT2D eigenvalue weighted by Gasteiger charge is -2.34. The third-order valence-corrected chi connectivity index (χ3v) is 8.79. The van der Waals surface area contributed by atoms with Gasteiger partial charge < -0.3 is 19.9 Å². The van der Waals surface area contributed by atoms with E-state index in [1.54, 1.807) is 18.5 Å². The van der Waals surface area contributed by atoms with Crippen molar-refractivity contribution in [1.29, 1.82) is 0 Å². The number of hydrogen-bond acceptors (Lipinski definition) is 7. The van der Waals surface area contributed by atoms with Crippen LogP contribution in [-0.2, 0) is 24.5 Å². The minimum atomic E-state index is -4.60. The molecule has 2 aliphatic heterocycles. The summed E-state index contributed by atoms with van der Waals surface area (Å²) < 4.78 is 50.5. The number of carbonyl (C=O) groups is 1. The first-order valence-corrected chi connectivity index (χ1v) is 14.6. The van der Waals surface area contributed by atoms with E-state index in [2.05, 4.69) is 25.8 Å². The smallest absolute Gasteiger partial charge is 0.381 e. The molecular weight excluding hydrogens is 547 g/mol. The zero-order valence-corrected chi connectivity index (χ0v) is 24.0. The zero-order chi connectivity index (χ0) is 29.6. The van der Waals surface area contributed by atoms with Gasteiger partial charge in [0.2, 0.25) is 0 Å². The number of amides is 1. The highest BCUT2D eigenvalue weighted by Gasteiger charge is 2.42. The molecule has 6 rings (SSSR count). The van der Waals surface area contributed by atoms with Crippen LogP contribution in [0.2, 0.25) is 0 Å². The molecule has 9 nitrogen and oxygen atoms in total. The van der Waals surface area contributed by atoms with Crippen LogP contribution in [-0.4, -0.2) is 52.0 Å². The molecule has 4 heterocycles. The lowest BCUT2D eigenvalue weighted by molar-refractivity contribution is -0.138. The molecule has 0 radical (unpaired) electrons. The second-order valence-electron chi connectivity index (χ2n) is 11.7. The Morgan fingerprint density at radius 3 is 2.52 bits per heavy atom. The van der Waals surface area contributed by atoms with Gasteiger partial charge in [-0.3, -0.25) is 9.69 Å². The predicted octanol–water partition coefficient (Wildman–Crippen LogP) is 5.05. The highest BCUT2D eigenvalue weighted by Crippen LogP contribution is 2.42. The van der Waals surface area contributed by atoms with Crippen molar-refractivity contribution < 1.29 is 22.7 Å². The number of benzene rings is 1. The molecule has 2 atom stereocenters. The summed E-state index contributed by atoms with van der Waals surface area (Å²) in [6.45, 7) is 6.00. The standard InChI is InChI=1S/C30H36F3N7O2/c1-4-34-25-10-20(27(21-14-42-15-21)28-38-36-16-39(28)3)11-26(37-25)40-13-23-22(29(40)41)8-19(9-24(23)30(31,32)33)17(2)35-12-18-6-5-7-18/h8-11,16-18,21,27,35H,4-7,12-15H2,1-3H3,(H,34,37)/t17-,27+/m0/s1. The second kappa shape index (κ2) is 11.3. The summed E-state index contributed by atoms with van der Waals surface area (Å²) in [7, 11) is 1.87. The van der Waals surface area contributed by atoms with Gasteiger partial charge >= 0.3 is 6.18 Å². The molecule has 2 N–H and O–H groups in total. The molecule has 2 fully saturated rings. The van der Waals surface area contributed by atoms with Crippen LogP contribution in [0, 0.1) is 11.8 Å². The summed E-state index contributed by atoms with van der Waals surface area (Å²) >= 11 is 0. The SMILES string of the molecule is CCNc1cc([C@@H](c2nncn2C)C2COC2)cc(N2Cc3c(cc([C@H](C)NCC4CCC4)cc3C(F)(F)F)C2=O)n1. The van der Waals surface area contributed by atoms with Crippen LogP contribution in [0.3, 0.4) is 0 Å². The summed E-state index contributed by atoms with van der Waals surface area (Å²) in [5, 5.41) is 15.0. The van der Waals surface area contributed by atoms with Crippen LogP contribution < -0.4 is 15.5 Å². The molecule has 1 amide bonds. The Bertz CT molecular complexity index is 1470. The number of nitrogens with zero attached hydrogens (tertiary/aromatic N) is 5. The maximum Gasteiger partial charge on any atom is 0.416 e. The minimum Gasteiger partial charge on any atom is -0.381 e. The Morgan fingerprint density at radius 1 is 1.14 bits per heavy atom. The van der Waals surface area contributed by atoms with E-state index in [-0.39, 0.29) is 35.5 Å². The molecule has 3 aromatic rings. The number of fused-ring (bicyclic) bond motifs is 1. The summed E-state index contributed by atoms with van der Waals surface area (Å²) in [4.78, 5) is 19.9. The third-order valence-electron chi connectivity index (χ3n) is 8.79. The van der Waals surface area contributed by atoms with Gasteiger partial charge in [-0.1, -0.05) is 6.42 Å². The number of aryl methyl sites for hydroxylation is 1. The normalized spacial score (nSPS) is 18.9. The average Bonchev–Trinajstić information content (AvgIpc) is 3.46. The molecule has 0 spiro atoms. The number of carbonyl (C=O) groups excluding carboxylic acids is 1. The van der Waals surface area contributed by atoms with Crippen molar-refractivity contribution in [2.45, 2.75) is 57.8 Å². The number of hydrogen-bond donors (Lipinski definition) is 2. The third kappa shape index (κ3) is 5.37. The first-order chi connectivity index (χ1) is 20.1. The van der Waals surface area contributed by atoms with Crippen molar-refractivity contribution in [3.63, 3.8) is 0 Å². The summed E-state index contributed by atoms with van der Waals surface area (Å²) in [6.07, 6.45) is 0.498. The first kappa shape index (κ1) is 28.6. The highest BCUT2D eigenvalue weighted by molar-refractivity contribution is 6.10. The largest absolute Gasteiger partial charge is 0.416 e. The Morgan fingerprint density at radius 2 is 1.93 bits per heavy atom. The molecule has 12 heteroatoms. The molecule has 1 aliphatic carbocycles. The monoisotopic (exact) mass is 583 g/mol. The van der Waals surface area contributed by atoms with Crippen molar-refractivity contribution in [3.8, 4) is 0 Å². The van der Waals surface area contributed by atoms with Gasteiger partial charge in [0.25, 0.3) is 5.91 Å². The number of ether oxygens (including phenoxy) is 1. The fourth-order valence-corrected chi connectivity index (χ4v) is 6.06. The van der Waals surface area contributed by atoms with Gasteiger partial charge in [-0.15, -0.1) is 10.2 Å². The average molecular weight is 584 g/mol. The molecular formula is C30H36F3N7O2. The topological polar surface area (TPSA) is 97.2 Å². The van der Waals surface area contributed by atoms with Crippen LogP contribution in [0.5, 0.6) is 0 Å². The fraction of sp³-hybridized carbons (Fsp3) is 0.533. The van der Waals surface area contributed by atoms with E-state index in [9.17, 15) is 18.0 Å². The van der Waals surface area contributed by atoms with Crippen molar-refractivity contribution in [2.24, 2.45) is 18.9 Å². The van der Waals surface area contributed by atoms with E-state index >= 15 is 0 Å². The van der Waals surface area contributed by atoms with E-state index in [4.69, 9.17) is 4.74 Å². The number of anilines is 2. The zero-order valence-electron chi connectivity index (χ0n) is 24.0. The molecule has 3 aliphatic rings. The van der Waals surface area contributed by atoms with E-state index < -0.39 is 17.6 Å². The van der Waals surface area contributed by atoms with Crippen molar-refractivity contribution in [3.05, 3.63) is 64.2 Å². The number of halogens is 3. The number of rotatable bonds is 10. The summed E-state index contributed by atoms with van der Waals surface area (Å²) in [5.41, 5.74) is 0.589. The van der Waals surface area contributed by atoms with Crippen LogP contribution in [0.25, 0.3) is 0 Å². The van der Waals surface area contributed by atoms with Gasteiger partial charge in [0.15, 0.2) is 0 Å². The van der Waals surface area contributed by atoms with Crippen molar-refractivity contribution in [1.82, 2.24) is 25.1 Å². The van der Waals surface area contributed by atoms with Crippen LogP contribution in [0.4, 0.5) is 24.8 Å². The Balaban J connectivity index is 1.37. The second-order valence-corrected chi connectivity index (χ2v) is 11.7. The van der Waals surface area contributed by atoms with Gasteiger partial charge in [-0.2, -0.15) is 13.2 Å². The van der Waals surface area contributed by atoms with E-state index in [0.29, 0.717) is 42.9 Å². The maximum absolute atomic E-state index is 14.4. The number of aromatic nitrogens is 4. The summed E-state index contributed by atoms with van der Waals surface area (Å²) in [6, 6.07) is 6.20. The Kier molecular flexibility index (Phi) is 7.69. The van der Waals surface area contributed by atoms with Crippen LogP contribution in [0.15, 0.2) is 30.6 Å². The van der Waals surface area contributed by atoms with E-state index in [0.717, 1.165) is 30.8 Å². The Hall–Kier alpha value is -3.51. The molecule has 42 heavy (non-hydrogen) atoms. The van der Waals surface area contributed by atoms with Crippen LogP contribution in [0.1, 0.15) is 83.5 Å². The molecule has 1 saturated carbocycles. The lowest BCUT2D eigenvalue weighted by atomic mass is 9.84. The highest BCUT2D eigenvalue weighted by atomic mass is 19.4. The quantitative estimate of drug-likeness (QED) is 0.345. The lowest BCUT2D eigenvalue weighted by Crippen LogP contribution is -2.35. The Labute approximate surface area is 242 Å². The summed E-state index contributed by atoms with van der Waals surface area (Å²) in [5.74, 6) is 1.59. The van der Waals surface area contributed by atoms with Gasteiger partial charge in [-0.05, 0) is 80.1 Å². The predicted molar refractivity (Wildman–Crippen MR) is 151 cm³/mol. The minimum absolute atomic E-state index is 0.0168. The molecule has 1 aromatic carbocycles. The fourth-order valence-electron chi connectivity index (χ4n) is 6.06. The first-order valence-electron chi connectivity index (χ1n) is 14.6. The number of pyridine rings is 1. The molecule has 224 valence electrons. The van der Waals surface area contributed by atoms with Gasteiger partial charge in [0.1, 0.15) is 23.8 Å². The van der Waals surface area contributed by atoms with Gasteiger partial charge in [0.05, 0.1) is 31.2 Å².